The van der Waals surface area contributed by atoms with Gasteiger partial charge in [-0.2, -0.15) is 0 Å². The van der Waals surface area contributed by atoms with Crippen molar-refractivity contribution in [1.29, 1.82) is 0 Å². The topological polar surface area (TPSA) is 58.4 Å². The van der Waals surface area contributed by atoms with Gasteiger partial charge in [0.1, 0.15) is 0 Å². The van der Waals surface area contributed by atoms with Gasteiger partial charge in [0, 0.05) is 25.0 Å². The van der Waals surface area contributed by atoms with E-state index < -0.39 is 0 Å². The molecule has 0 fully saturated rings. The summed E-state index contributed by atoms with van der Waals surface area (Å²) in [6.45, 7) is 12.2. The molecule has 0 heterocycles. The predicted octanol–water partition coefficient (Wildman–Crippen LogP) is 1.60. The summed E-state index contributed by atoms with van der Waals surface area (Å²) in [7, 11) is 2.10. The van der Waals surface area contributed by atoms with E-state index in [0.29, 0.717) is 12.5 Å². The molecule has 0 aliphatic carbocycles. The van der Waals surface area contributed by atoms with E-state index in [0.717, 1.165) is 19.5 Å². The summed E-state index contributed by atoms with van der Waals surface area (Å²) in [5, 5.41) is 2.93. The van der Waals surface area contributed by atoms with E-state index in [9.17, 15) is 4.79 Å². The molecular formula is C14H31N3O. The molecule has 0 radical (unpaired) electrons. The molecule has 3 N–H and O–H groups in total. The van der Waals surface area contributed by atoms with Crippen molar-refractivity contribution in [3.8, 4) is 0 Å². The number of nitrogens with one attached hydrogen (secondary N) is 1. The van der Waals surface area contributed by atoms with E-state index in [1.54, 1.807) is 0 Å². The highest BCUT2D eigenvalue weighted by molar-refractivity contribution is 5.76. The van der Waals surface area contributed by atoms with Crippen LogP contribution in [0, 0.1) is 5.41 Å². The molecule has 4 nitrogen and oxygen atoms in total. The Morgan fingerprint density at radius 2 is 1.89 bits per heavy atom. The number of nitrogens with two attached hydrogens (primary N) is 1. The minimum Gasteiger partial charge on any atom is -0.356 e. The highest BCUT2D eigenvalue weighted by Gasteiger charge is 2.22. The Balaban J connectivity index is 3.73. The van der Waals surface area contributed by atoms with Gasteiger partial charge in [0.15, 0.2) is 0 Å². The lowest BCUT2D eigenvalue weighted by molar-refractivity contribution is -0.121. The molecular weight excluding hydrogens is 226 g/mol. The van der Waals surface area contributed by atoms with E-state index in [-0.39, 0.29) is 17.4 Å². The number of hydrogen-bond acceptors (Lipinski definition) is 3. The van der Waals surface area contributed by atoms with Crippen LogP contribution in [0.2, 0.25) is 0 Å². The second kappa shape index (κ2) is 7.74. The Labute approximate surface area is 112 Å². The number of nitrogens with zero attached hydrogens (tertiary/aromatic N) is 1. The van der Waals surface area contributed by atoms with Crippen molar-refractivity contribution in [2.75, 3.05) is 20.1 Å². The smallest absolute Gasteiger partial charge is 0.221 e. The van der Waals surface area contributed by atoms with Crippen LogP contribution in [0.25, 0.3) is 0 Å². The molecule has 0 rings (SSSR count). The standard InChI is InChI=1S/C14H31N3O/c1-11(2)17(6)9-7-8-16-13(18)10-12(15)14(3,4)5/h11-12H,7-10,15H2,1-6H3,(H,16,18). The number of rotatable bonds is 7. The van der Waals surface area contributed by atoms with Crippen LogP contribution in [-0.2, 0) is 4.79 Å². The number of carbonyl (C=O) groups is 1. The monoisotopic (exact) mass is 257 g/mol. The maximum atomic E-state index is 11.7. The molecule has 0 bridgehead atoms. The summed E-state index contributed by atoms with van der Waals surface area (Å²) in [5.41, 5.74) is 5.96. The summed E-state index contributed by atoms with van der Waals surface area (Å²) in [6, 6.07) is 0.464. The number of carbonyl (C=O) groups excluding carboxylic acids is 1. The first-order chi connectivity index (χ1) is 8.14. The summed E-state index contributed by atoms with van der Waals surface area (Å²) in [4.78, 5) is 13.9. The summed E-state index contributed by atoms with van der Waals surface area (Å²) in [5.74, 6) is 0.0598. The Morgan fingerprint density at radius 3 is 2.33 bits per heavy atom. The highest BCUT2D eigenvalue weighted by Crippen LogP contribution is 2.19. The van der Waals surface area contributed by atoms with E-state index in [1.807, 2.05) is 0 Å². The van der Waals surface area contributed by atoms with Gasteiger partial charge >= 0.3 is 0 Å². The van der Waals surface area contributed by atoms with Gasteiger partial charge in [0.2, 0.25) is 5.91 Å². The zero-order chi connectivity index (χ0) is 14.3. The maximum Gasteiger partial charge on any atom is 0.221 e. The van der Waals surface area contributed by atoms with E-state index in [4.69, 9.17) is 5.73 Å². The van der Waals surface area contributed by atoms with Crippen LogP contribution >= 0.6 is 0 Å². The van der Waals surface area contributed by atoms with Gasteiger partial charge in [-0.3, -0.25) is 4.79 Å². The van der Waals surface area contributed by atoms with Crippen LogP contribution in [0.1, 0.15) is 47.5 Å². The van der Waals surface area contributed by atoms with Crippen molar-refractivity contribution in [3.05, 3.63) is 0 Å². The zero-order valence-electron chi connectivity index (χ0n) is 12.9. The molecule has 0 aromatic heterocycles. The van der Waals surface area contributed by atoms with Gasteiger partial charge in [-0.25, -0.2) is 0 Å². The molecule has 4 heteroatoms. The predicted molar refractivity (Wildman–Crippen MR) is 77.4 cm³/mol. The largest absolute Gasteiger partial charge is 0.356 e. The first-order valence-corrected chi connectivity index (χ1v) is 6.87. The second-order valence-electron chi connectivity index (χ2n) is 6.45. The van der Waals surface area contributed by atoms with Crippen LogP contribution in [0.15, 0.2) is 0 Å². The molecule has 1 amide bonds. The van der Waals surface area contributed by atoms with Gasteiger partial charge < -0.3 is 16.0 Å². The van der Waals surface area contributed by atoms with Gasteiger partial charge in [0.25, 0.3) is 0 Å². The third kappa shape index (κ3) is 7.67. The molecule has 0 aromatic carbocycles. The molecule has 0 spiro atoms. The molecule has 0 aliphatic rings. The lowest BCUT2D eigenvalue weighted by Crippen LogP contribution is -2.40. The number of amides is 1. The molecule has 1 atom stereocenters. The van der Waals surface area contributed by atoms with Gasteiger partial charge in [-0.15, -0.1) is 0 Å². The third-order valence-electron chi connectivity index (χ3n) is 3.41. The minimum atomic E-state index is -0.0872. The Bertz CT molecular complexity index is 246. The summed E-state index contributed by atoms with van der Waals surface area (Å²) >= 11 is 0. The van der Waals surface area contributed by atoms with Gasteiger partial charge in [-0.1, -0.05) is 20.8 Å². The summed E-state index contributed by atoms with van der Waals surface area (Å²) in [6.07, 6.45) is 1.38. The molecule has 18 heavy (non-hydrogen) atoms. The number of hydrogen-bond donors (Lipinski definition) is 2. The van der Waals surface area contributed by atoms with Crippen molar-refractivity contribution in [2.24, 2.45) is 11.1 Å². The first-order valence-electron chi connectivity index (χ1n) is 6.87. The van der Waals surface area contributed by atoms with E-state index in [2.05, 4.69) is 51.9 Å². The molecule has 0 aliphatic heterocycles. The van der Waals surface area contributed by atoms with Gasteiger partial charge in [-0.05, 0) is 39.3 Å². The lowest BCUT2D eigenvalue weighted by atomic mass is 9.85. The van der Waals surface area contributed by atoms with Crippen molar-refractivity contribution < 1.29 is 4.79 Å². The minimum absolute atomic E-state index is 0.0187. The van der Waals surface area contributed by atoms with Crippen molar-refractivity contribution in [2.45, 2.75) is 59.5 Å². The Kier molecular flexibility index (Phi) is 7.48. The van der Waals surface area contributed by atoms with E-state index in [1.165, 1.54) is 0 Å². The molecule has 0 saturated heterocycles. The molecule has 1 unspecified atom stereocenters. The van der Waals surface area contributed by atoms with Crippen molar-refractivity contribution in [3.63, 3.8) is 0 Å². The first kappa shape index (κ1) is 17.4. The SMILES string of the molecule is CC(C)N(C)CCCNC(=O)CC(N)C(C)(C)C. The zero-order valence-corrected chi connectivity index (χ0v) is 12.9. The second-order valence-corrected chi connectivity index (χ2v) is 6.45. The van der Waals surface area contributed by atoms with Crippen LogP contribution < -0.4 is 11.1 Å². The lowest BCUT2D eigenvalue weighted by Gasteiger charge is -2.26. The van der Waals surface area contributed by atoms with Gasteiger partial charge in [0.05, 0.1) is 0 Å². The fraction of sp³-hybridized carbons (Fsp3) is 0.929. The fourth-order valence-corrected chi connectivity index (χ4v) is 1.39. The molecule has 108 valence electrons. The molecule has 0 aromatic rings. The quantitative estimate of drug-likeness (QED) is 0.681. The van der Waals surface area contributed by atoms with Crippen molar-refractivity contribution >= 4 is 5.91 Å². The van der Waals surface area contributed by atoms with Crippen LogP contribution in [0.3, 0.4) is 0 Å². The Morgan fingerprint density at radius 1 is 1.33 bits per heavy atom. The molecule has 0 saturated carbocycles. The van der Waals surface area contributed by atoms with Crippen LogP contribution in [0.4, 0.5) is 0 Å². The fourth-order valence-electron chi connectivity index (χ4n) is 1.39. The third-order valence-corrected chi connectivity index (χ3v) is 3.41. The Hall–Kier alpha value is -0.610. The van der Waals surface area contributed by atoms with Crippen molar-refractivity contribution in [1.82, 2.24) is 10.2 Å². The summed E-state index contributed by atoms with van der Waals surface area (Å²) < 4.78 is 0. The van der Waals surface area contributed by atoms with E-state index >= 15 is 0 Å². The van der Waals surface area contributed by atoms with Crippen LogP contribution in [0.5, 0.6) is 0 Å². The average molecular weight is 257 g/mol. The maximum absolute atomic E-state index is 11.7. The highest BCUT2D eigenvalue weighted by atomic mass is 16.1. The average Bonchev–Trinajstić information content (AvgIpc) is 2.22. The van der Waals surface area contributed by atoms with Crippen LogP contribution in [-0.4, -0.2) is 43.0 Å². The normalized spacial score (nSPS) is 14.1.